The molecule has 4 N–H and O–H groups in total. The number of carbonyl (C=O) groups excluding carboxylic acids is 2. The third-order valence-corrected chi connectivity index (χ3v) is 9.25. The maximum atomic E-state index is 14.0. The van der Waals surface area contributed by atoms with Crippen LogP contribution in [0.15, 0.2) is 84.9 Å². The number of nitrogens with one attached hydrogen (secondary N) is 2. The highest BCUT2D eigenvalue weighted by Crippen LogP contribution is 2.32. The van der Waals surface area contributed by atoms with Gasteiger partial charge in [0.2, 0.25) is 5.91 Å². The van der Waals surface area contributed by atoms with Gasteiger partial charge in [-0.05, 0) is 74.4 Å². The average Bonchev–Trinajstić information content (AvgIpc) is 3.42. The number of allylic oxidation sites excluding steroid dienone is 1. The van der Waals surface area contributed by atoms with Gasteiger partial charge in [-0.3, -0.25) is 9.69 Å². The van der Waals surface area contributed by atoms with Crippen LogP contribution in [0.3, 0.4) is 0 Å². The van der Waals surface area contributed by atoms with Gasteiger partial charge in [0, 0.05) is 32.0 Å². The van der Waals surface area contributed by atoms with Crippen molar-refractivity contribution < 1.29 is 34.0 Å². The fourth-order valence-electron chi connectivity index (χ4n) is 6.56. The maximum Gasteiger partial charge on any atom is 0.407 e. The van der Waals surface area contributed by atoms with Crippen LogP contribution in [-0.4, -0.2) is 90.4 Å². The lowest BCUT2D eigenvalue weighted by Gasteiger charge is -2.29. The van der Waals surface area contributed by atoms with Crippen molar-refractivity contribution in [1.29, 1.82) is 0 Å². The van der Waals surface area contributed by atoms with Gasteiger partial charge in [0.15, 0.2) is 0 Å². The average molecular weight is 700 g/mol. The van der Waals surface area contributed by atoms with E-state index >= 15 is 0 Å². The molecule has 5 rings (SSSR count). The van der Waals surface area contributed by atoms with E-state index in [1.807, 2.05) is 91.0 Å². The monoisotopic (exact) mass is 699 g/mol. The molecule has 1 aliphatic carbocycles. The van der Waals surface area contributed by atoms with Crippen LogP contribution in [0.1, 0.15) is 61.9 Å². The fraction of sp³-hybridized carbons (Fsp3) is 0.463. The van der Waals surface area contributed by atoms with Crippen molar-refractivity contribution in [2.75, 3.05) is 39.5 Å². The highest BCUT2D eigenvalue weighted by Gasteiger charge is 2.35. The third-order valence-electron chi connectivity index (χ3n) is 9.25. The van der Waals surface area contributed by atoms with Crippen LogP contribution in [0.2, 0.25) is 0 Å². The molecule has 51 heavy (non-hydrogen) atoms. The largest absolute Gasteiger partial charge is 0.492 e. The number of hydrogen-bond acceptors (Lipinski definition) is 8. The standard InChI is InChI=1S/C41H53N3O7/c1-41(2,3)51-40(48)42-35(26-30-10-5-4-6-11-30)36(45)28-32(39(47)43-38-34-15-8-7-13-31(34)27-37(38)46)14-9-12-29-16-18-33(19-17-29)50-25-22-44-20-23-49-24-21-44/h4-13,15-19,32,35-38,45-46H,14,20-28H2,1-3H3,(H,42,48)(H,43,47)/b12-9+/t32-,35+,36+,37-,38+/m1/s1. The Hall–Kier alpha value is -4.22. The van der Waals surface area contributed by atoms with Crippen molar-refractivity contribution in [3.05, 3.63) is 107 Å². The Kier molecular flexibility index (Phi) is 13.7. The van der Waals surface area contributed by atoms with Crippen LogP contribution in [0, 0.1) is 5.92 Å². The number of amides is 2. The molecule has 10 nitrogen and oxygen atoms in total. The minimum Gasteiger partial charge on any atom is -0.492 e. The molecule has 10 heteroatoms. The van der Waals surface area contributed by atoms with Crippen LogP contribution < -0.4 is 15.4 Å². The predicted molar refractivity (Wildman–Crippen MR) is 197 cm³/mol. The van der Waals surface area contributed by atoms with E-state index in [1.54, 1.807) is 20.8 Å². The number of rotatable bonds is 15. The Labute approximate surface area is 301 Å². The number of morpholine rings is 1. The zero-order valence-corrected chi connectivity index (χ0v) is 30.0. The Morgan fingerprint density at radius 2 is 1.71 bits per heavy atom. The summed E-state index contributed by atoms with van der Waals surface area (Å²) in [6.45, 7) is 10.2. The van der Waals surface area contributed by atoms with Crippen LogP contribution in [0.5, 0.6) is 5.75 Å². The van der Waals surface area contributed by atoms with Gasteiger partial charge in [-0.1, -0.05) is 78.9 Å². The van der Waals surface area contributed by atoms with E-state index in [-0.39, 0.29) is 12.3 Å². The number of aliphatic hydroxyl groups is 2. The van der Waals surface area contributed by atoms with Gasteiger partial charge in [0.25, 0.3) is 0 Å². The second kappa shape index (κ2) is 18.3. The fourth-order valence-corrected chi connectivity index (χ4v) is 6.56. The lowest BCUT2D eigenvalue weighted by Crippen LogP contribution is -2.48. The van der Waals surface area contributed by atoms with Gasteiger partial charge in [-0.2, -0.15) is 0 Å². The van der Waals surface area contributed by atoms with Crippen molar-refractivity contribution >= 4 is 18.1 Å². The molecule has 0 saturated carbocycles. The highest BCUT2D eigenvalue weighted by atomic mass is 16.6. The molecule has 1 fully saturated rings. The summed E-state index contributed by atoms with van der Waals surface area (Å²) in [5.41, 5.74) is 3.06. The summed E-state index contributed by atoms with van der Waals surface area (Å²) in [5.74, 6) is -0.143. The molecule has 2 amide bonds. The molecule has 0 aromatic heterocycles. The zero-order valence-electron chi connectivity index (χ0n) is 30.0. The number of alkyl carbamates (subject to hydrolysis) is 1. The molecule has 1 aliphatic heterocycles. The van der Waals surface area contributed by atoms with Crippen LogP contribution in [0.4, 0.5) is 4.79 Å². The topological polar surface area (TPSA) is 130 Å². The molecule has 3 aromatic carbocycles. The summed E-state index contributed by atoms with van der Waals surface area (Å²) >= 11 is 0. The molecule has 2 aliphatic rings. The molecule has 3 aromatic rings. The molecule has 0 radical (unpaired) electrons. The van der Waals surface area contributed by atoms with Crippen molar-refractivity contribution in [3.8, 4) is 5.75 Å². The summed E-state index contributed by atoms with van der Waals surface area (Å²) < 4.78 is 16.9. The number of carbonyl (C=O) groups is 2. The molecule has 0 bridgehead atoms. The first-order valence-corrected chi connectivity index (χ1v) is 18.0. The quantitative estimate of drug-likeness (QED) is 0.173. The summed E-state index contributed by atoms with van der Waals surface area (Å²) in [4.78, 5) is 29.2. The molecular formula is C41H53N3O7. The van der Waals surface area contributed by atoms with E-state index in [2.05, 4.69) is 15.5 Å². The van der Waals surface area contributed by atoms with Gasteiger partial charge in [-0.15, -0.1) is 0 Å². The Morgan fingerprint density at radius 1 is 1.00 bits per heavy atom. The molecule has 274 valence electrons. The first kappa shape index (κ1) is 38.0. The second-order valence-corrected chi connectivity index (χ2v) is 14.4. The van der Waals surface area contributed by atoms with E-state index in [9.17, 15) is 19.8 Å². The minimum atomic E-state index is -1.07. The van der Waals surface area contributed by atoms with E-state index in [0.29, 0.717) is 25.9 Å². The van der Waals surface area contributed by atoms with Gasteiger partial charge < -0.3 is 35.1 Å². The summed E-state index contributed by atoms with van der Waals surface area (Å²) in [6.07, 6.45) is 2.63. The third kappa shape index (κ3) is 11.9. The number of nitrogens with zero attached hydrogens (tertiary/aromatic N) is 1. The van der Waals surface area contributed by atoms with Crippen LogP contribution in [0.25, 0.3) is 6.08 Å². The normalized spacial score (nSPS) is 19.5. The smallest absolute Gasteiger partial charge is 0.407 e. The van der Waals surface area contributed by atoms with Gasteiger partial charge >= 0.3 is 6.09 Å². The molecule has 1 heterocycles. The molecule has 5 atom stereocenters. The molecule has 1 saturated heterocycles. The Bertz CT molecular complexity index is 1570. The maximum absolute atomic E-state index is 14.0. The van der Waals surface area contributed by atoms with E-state index in [1.165, 1.54) is 0 Å². The van der Waals surface area contributed by atoms with Gasteiger partial charge in [0.1, 0.15) is 18.0 Å². The Balaban J connectivity index is 1.27. The van der Waals surface area contributed by atoms with Crippen molar-refractivity contribution in [2.45, 2.75) is 76.3 Å². The molecule has 0 spiro atoms. The summed E-state index contributed by atoms with van der Waals surface area (Å²) in [6, 6.07) is 23.8. The number of ether oxygens (including phenoxy) is 3. The Morgan fingerprint density at radius 3 is 2.43 bits per heavy atom. The van der Waals surface area contributed by atoms with Crippen LogP contribution >= 0.6 is 0 Å². The molecular weight excluding hydrogens is 646 g/mol. The second-order valence-electron chi connectivity index (χ2n) is 14.4. The zero-order chi connectivity index (χ0) is 36.2. The number of hydrogen-bond donors (Lipinski definition) is 4. The van der Waals surface area contributed by atoms with Gasteiger partial charge in [0.05, 0.1) is 37.5 Å². The lowest BCUT2D eigenvalue weighted by atomic mass is 9.90. The summed E-state index contributed by atoms with van der Waals surface area (Å²) in [7, 11) is 0. The van der Waals surface area contributed by atoms with Gasteiger partial charge in [-0.25, -0.2) is 4.79 Å². The van der Waals surface area contributed by atoms with E-state index in [4.69, 9.17) is 14.2 Å². The lowest BCUT2D eigenvalue weighted by molar-refractivity contribution is -0.127. The first-order chi connectivity index (χ1) is 24.5. The number of fused-ring (bicyclic) bond motifs is 1. The summed E-state index contributed by atoms with van der Waals surface area (Å²) in [5, 5.41) is 28.5. The highest BCUT2D eigenvalue weighted by molar-refractivity contribution is 5.80. The van der Waals surface area contributed by atoms with Crippen molar-refractivity contribution in [1.82, 2.24) is 15.5 Å². The van der Waals surface area contributed by atoms with Crippen LogP contribution in [-0.2, 0) is 27.1 Å². The molecule has 0 unspecified atom stereocenters. The SMILES string of the molecule is CC(C)(C)OC(=O)N[C@@H](Cc1ccccc1)[C@@H](O)C[C@@H](C/C=C/c1ccc(OCCN2CCOCC2)cc1)C(=O)N[C@H]1c2ccccc2C[C@H]1O. The predicted octanol–water partition coefficient (Wildman–Crippen LogP) is 5.08. The number of aliphatic hydroxyl groups excluding tert-OH is 2. The minimum absolute atomic E-state index is 0.0733. The van der Waals surface area contributed by atoms with E-state index < -0.39 is 41.9 Å². The number of benzene rings is 3. The van der Waals surface area contributed by atoms with Crippen molar-refractivity contribution in [2.24, 2.45) is 5.92 Å². The first-order valence-electron chi connectivity index (χ1n) is 18.0. The van der Waals surface area contributed by atoms with E-state index in [0.717, 1.165) is 60.9 Å². The van der Waals surface area contributed by atoms with Crippen molar-refractivity contribution in [3.63, 3.8) is 0 Å².